The van der Waals surface area contributed by atoms with Crippen molar-refractivity contribution in [2.45, 2.75) is 32.0 Å². The van der Waals surface area contributed by atoms with Gasteiger partial charge in [0.05, 0.1) is 19.8 Å². The van der Waals surface area contributed by atoms with Crippen LogP contribution in [0, 0.1) is 5.82 Å². The van der Waals surface area contributed by atoms with Gasteiger partial charge in [-0.05, 0) is 66.2 Å². The minimum Gasteiger partial charge on any atom is -0.497 e. The summed E-state index contributed by atoms with van der Waals surface area (Å²) in [6.45, 7) is 1.68. The van der Waals surface area contributed by atoms with Crippen molar-refractivity contribution in [1.29, 1.82) is 0 Å². The molecule has 0 radical (unpaired) electrons. The lowest BCUT2D eigenvalue weighted by atomic mass is 10.1. The second-order valence-electron chi connectivity index (χ2n) is 8.50. The Bertz CT molecular complexity index is 1100. The Hall–Kier alpha value is -3.23. The topological polar surface area (TPSA) is 59.1 Å². The van der Waals surface area contributed by atoms with E-state index in [-0.39, 0.29) is 30.3 Å². The summed E-state index contributed by atoms with van der Waals surface area (Å²) in [4.78, 5) is 31.3. The molecule has 1 saturated heterocycles. The summed E-state index contributed by atoms with van der Waals surface area (Å²) in [7, 11) is 1.57. The van der Waals surface area contributed by atoms with E-state index in [1.54, 1.807) is 64.6 Å². The number of carbonyl (C=O) groups is 2. The van der Waals surface area contributed by atoms with Crippen LogP contribution in [0.3, 0.4) is 0 Å². The number of halogens is 1. The quantitative estimate of drug-likeness (QED) is 0.407. The van der Waals surface area contributed by atoms with E-state index in [4.69, 9.17) is 9.47 Å². The van der Waals surface area contributed by atoms with Gasteiger partial charge in [0.1, 0.15) is 18.1 Å². The molecule has 35 heavy (non-hydrogen) atoms. The monoisotopic (exact) mass is 496 g/mol. The van der Waals surface area contributed by atoms with Gasteiger partial charge in [-0.1, -0.05) is 18.2 Å². The van der Waals surface area contributed by atoms with Crippen molar-refractivity contribution in [3.05, 3.63) is 87.9 Å². The summed E-state index contributed by atoms with van der Waals surface area (Å²) < 4.78 is 24.4. The van der Waals surface area contributed by atoms with Gasteiger partial charge in [-0.2, -0.15) is 0 Å². The number of thiophene rings is 1. The predicted molar refractivity (Wildman–Crippen MR) is 133 cm³/mol. The van der Waals surface area contributed by atoms with E-state index in [1.165, 1.54) is 12.1 Å². The third-order valence-electron chi connectivity index (χ3n) is 5.96. The van der Waals surface area contributed by atoms with Crippen LogP contribution < -0.4 is 4.74 Å². The Balaban J connectivity index is 1.54. The molecule has 0 N–H and O–H groups in total. The Labute approximate surface area is 208 Å². The van der Waals surface area contributed by atoms with Crippen molar-refractivity contribution in [3.8, 4) is 5.75 Å². The average Bonchev–Trinajstić information content (AvgIpc) is 3.58. The molecular weight excluding hydrogens is 467 g/mol. The number of methoxy groups -OCH3 is 1. The van der Waals surface area contributed by atoms with Crippen LogP contribution in [0.4, 0.5) is 4.39 Å². The van der Waals surface area contributed by atoms with Gasteiger partial charge in [0.15, 0.2) is 0 Å². The Morgan fingerprint density at radius 3 is 2.46 bits per heavy atom. The lowest BCUT2D eigenvalue weighted by Crippen LogP contribution is -2.45. The summed E-state index contributed by atoms with van der Waals surface area (Å²) in [5, 5.41) is 1.97. The Morgan fingerprint density at radius 1 is 1.06 bits per heavy atom. The van der Waals surface area contributed by atoms with Gasteiger partial charge in [0.2, 0.25) is 5.91 Å². The average molecular weight is 497 g/mol. The first-order valence-corrected chi connectivity index (χ1v) is 12.5. The summed E-state index contributed by atoms with van der Waals surface area (Å²) >= 11 is 1.57. The summed E-state index contributed by atoms with van der Waals surface area (Å²) in [6.07, 6.45) is 1.71. The molecule has 3 aromatic rings. The van der Waals surface area contributed by atoms with Crippen LogP contribution in [-0.2, 0) is 22.6 Å². The predicted octanol–water partition coefficient (Wildman–Crippen LogP) is 4.75. The SMILES string of the molecule is COc1ccc(C(=O)N(CC(=O)N(Cc2ccc(F)cc2)Cc2cccs2)C[C@H]2CCCO2)cc1. The Kier molecular flexibility index (Phi) is 8.50. The minimum atomic E-state index is -0.322. The van der Waals surface area contributed by atoms with E-state index in [0.29, 0.717) is 37.6 Å². The largest absolute Gasteiger partial charge is 0.497 e. The zero-order valence-electron chi connectivity index (χ0n) is 19.7. The molecule has 0 spiro atoms. The van der Waals surface area contributed by atoms with Gasteiger partial charge in [-0.15, -0.1) is 11.3 Å². The molecular formula is C27H29FN2O4S. The van der Waals surface area contributed by atoms with Gasteiger partial charge in [-0.25, -0.2) is 4.39 Å². The molecule has 1 aliphatic heterocycles. The first-order valence-electron chi connectivity index (χ1n) is 11.6. The smallest absolute Gasteiger partial charge is 0.254 e. The van der Waals surface area contributed by atoms with Crippen LogP contribution in [-0.4, -0.2) is 54.5 Å². The van der Waals surface area contributed by atoms with E-state index in [2.05, 4.69) is 0 Å². The number of ether oxygens (including phenoxy) is 2. The maximum absolute atomic E-state index is 13.6. The fourth-order valence-corrected chi connectivity index (χ4v) is 4.79. The third-order valence-corrected chi connectivity index (χ3v) is 6.83. The molecule has 1 aromatic heterocycles. The van der Waals surface area contributed by atoms with Crippen molar-refractivity contribution in [2.24, 2.45) is 0 Å². The highest BCUT2D eigenvalue weighted by Crippen LogP contribution is 2.19. The van der Waals surface area contributed by atoms with E-state index in [1.807, 2.05) is 17.5 Å². The van der Waals surface area contributed by atoms with E-state index in [0.717, 1.165) is 23.3 Å². The molecule has 6 nitrogen and oxygen atoms in total. The van der Waals surface area contributed by atoms with Crippen LogP contribution in [0.2, 0.25) is 0 Å². The number of nitrogens with zero attached hydrogens (tertiary/aromatic N) is 2. The van der Waals surface area contributed by atoms with Gasteiger partial charge in [-0.3, -0.25) is 9.59 Å². The normalized spacial score (nSPS) is 15.1. The molecule has 4 rings (SSSR count). The molecule has 1 atom stereocenters. The van der Waals surface area contributed by atoms with Crippen molar-refractivity contribution < 1.29 is 23.5 Å². The first-order chi connectivity index (χ1) is 17.0. The molecule has 1 aliphatic rings. The Morgan fingerprint density at radius 2 is 1.83 bits per heavy atom. The molecule has 184 valence electrons. The zero-order valence-corrected chi connectivity index (χ0v) is 20.5. The highest BCUT2D eigenvalue weighted by molar-refractivity contribution is 7.09. The van der Waals surface area contributed by atoms with E-state index in [9.17, 15) is 14.0 Å². The maximum atomic E-state index is 13.6. The van der Waals surface area contributed by atoms with Crippen molar-refractivity contribution in [3.63, 3.8) is 0 Å². The molecule has 1 fully saturated rings. The van der Waals surface area contributed by atoms with E-state index < -0.39 is 0 Å². The fourth-order valence-electron chi connectivity index (χ4n) is 4.07. The van der Waals surface area contributed by atoms with Gasteiger partial charge < -0.3 is 19.3 Å². The number of rotatable bonds is 10. The molecule has 8 heteroatoms. The standard InChI is InChI=1S/C27H29FN2O4S/c1-33-23-12-8-21(9-13-23)27(32)30(17-24-4-2-14-34-24)19-26(31)29(18-25-5-3-15-35-25)16-20-6-10-22(28)11-7-20/h3,5-13,15,24H,2,4,14,16-19H2,1H3/t24-/m1/s1. The van der Waals surface area contributed by atoms with Crippen LogP contribution in [0.15, 0.2) is 66.0 Å². The number of benzene rings is 2. The molecule has 0 saturated carbocycles. The summed E-state index contributed by atoms with van der Waals surface area (Å²) in [6, 6.07) is 16.9. The number of hydrogen-bond donors (Lipinski definition) is 0. The maximum Gasteiger partial charge on any atom is 0.254 e. The number of hydrogen-bond acceptors (Lipinski definition) is 5. The second kappa shape index (κ2) is 12.0. The molecule has 0 aliphatic carbocycles. The molecule has 2 heterocycles. The van der Waals surface area contributed by atoms with E-state index >= 15 is 0 Å². The summed E-state index contributed by atoms with van der Waals surface area (Å²) in [5.74, 6) is -0.0700. The second-order valence-corrected chi connectivity index (χ2v) is 9.54. The van der Waals surface area contributed by atoms with Crippen LogP contribution in [0.25, 0.3) is 0 Å². The highest BCUT2D eigenvalue weighted by atomic mass is 32.1. The number of carbonyl (C=O) groups excluding carboxylic acids is 2. The summed E-state index contributed by atoms with van der Waals surface area (Å²) in [5.41, 5.74) is 1.31. The van der Waals surface area contributed by atoms with Crippen LogP contribution >= 0.6 is 11.3 Å². The number of amides is 2. The molecule has 2 aromatic carbocycles. The van der Waals surface area contributed by atoms with Gasteiger partial charge in [0.25, 0.3) is 5.91 Å². The van der Waals surface area contributed by atoms with Crippen molar-refractivity contribution in [1.82, 2.24) is 9.80 Å². The van der Waals surface area contributed by atoms with Crippen LogP contribution in [0.5, 0.6) is 5.75 Å². The third kappa shape index (κ3) is 6.90. The lowest BCUT2D eigenvalue weighted by molar-refractivity contribution is -0.133. The molecule has 0 bridgehead atoms. The molecule has 0 unspecified atom stereocenters. The minimum absolute atomic E-state index is 0.0721. The lowest BCUT2D eigenvalue weighted by Gasteiger charge is -2.29. The molecule has 2 amide bonds. The van der Waals surface area contributed by atoms with Crippen molar-refractivity contribution in [2.75, 3.05) is 26.8 Å². The zero-order chi connectivity index (χ0) is 24.6. The fraction of sp³-hybridized carbons (Fsp3) is 0.333. The van der Waals surface area contributed by atoms with Crippen molar-refractivity contribution >= 4 is 23.2 Å². The van der Waals surface area contributed by atoms with Gasteiger partial charge >= 0.3 is 0 Å². The van der Waals surface area contributed by atoms with Gasteiger partial charge in [0, 0.05) is 30.1 Å². The first kappa shape index (κ1) is 24.9. The van der Waals surface area contributed by atoms with Crippen LogP contribution in [0.1, 0.15) is 33.6 Å². The highest BCUT2D eigenvalue weighted by Gasteiger charge is 2.27.